The minimum Gasteiger partial charge on any atom is -0.307 e. The lowest BCUT2D eigenvalue weighted by Crippen LogP contribution is -2.04. The van der Waals surface area contributed by atoms with Gasteiger partial charge in [0.25, 0.3) is 0 Å². The lowest BCUT2D eigenvalue weighted by Gasteiger charge is -2.16. The van der Waals surface area contributed by atoms with Crippen molar-refractivity contribution in [1.82, 2.24) is 32.8 Å². The van der Waals surface area contributed by atoms with E-state index in [9.17, 15) is 0 Å². The molecule has 7 nitrogen and oxygen atoms in total. The van der Waals surface area contributed by atoms with Crippen LogP contribution in [0.15, 0.2) is 394 Å². The third kappa shape index (κ3) is 9.75. The van der Waals surface area contributed by atoms with Crippen molar-refractivity contribution < 1.29 is 0 Å². The number of para-hydroxylation sites is 4. The van der Waals surface area contributed by atoms with E-state index in [0.717, 1.165) is 172 Å². The van der Waals surface area contributed by atoms with Gasteiger partial charge in [-0.25, -0.2) is 9.97 Å². The SMILES string of the molecule is c1ccc(-c2cc(-c3ccccc3)cc(-n3c4ccccc4c4cc(-c5ccc6c(c5)c5ccc7c8ccccc8n(-c8cccc(-n9c%10ccc(-c%11ccccc%11)cc%10c%10cc(-c%11ccccc%11)ccc%109)n8)c7c5n6-c5ccccc5)c5c6ccccc6n(-c6cccc(-c7cccc8c7sc7ccccc78)n6)c5c43)c2)cc1. The fourth-order valence-electron chi connectivity index (χ4n) is 18.7. The van der Waals surface area contributed by atoms with Gasteiger partial charge in [-0.05, 0) is 177 Å². The average molecular weight is 1470 g/mol. The second-order valence-electron chi connectivity index (χ2n) is 29.9. The van der Waals surface area contributed by atoms with Gasteiger partial charge >= 0.3 is 0 Å². The molecule has 0 saturated heterocycles. The summed E-state index contributed by atoms with van der Waals surface area (Å²) in [5.41, 5.74) is 26.5. The quantitative estimate of drug-likeness (QED) is 0.130. The molecule has 16 aromatic carbocycles. The van der Waals surface area contributed by atoms with Crippen LogP contribution in [0.1, 0.15) is 0 Å². The average Bonchev–Trinajstić information content (AvgIpc) is 1.53. The first-order chi connectivity index (χ1) is 56.6. The van der Waals surface area contributed by atoms with Crippen LogP contribution in [0.4, 0.5) is 0 Å². The third-order valence-electron chi connectivity index (χ3n) is 23.6. The monoisotopic (exact) mass is 1470 g/mol. The Labute approximate surface area is 658 Å². The molecule has 114 heavy (non-hydrogen) atoms. The van der Waals surface area contributed by atoms with E-state index in [-0.39, 0.29) is 0 Å². The number of hydrogen-bond acceptors (Lipinski definition) is 3. The minimum atomic E-state index is 0.820. The van der Waals surface area contributed by atoms with Gasteiger partial charge in [0.05, 0.1) is 60.9 Å². The summed E-state index contributed by atoms with van der Waals surface area (Å²) in [6.07, 6.45) is 0. The molecule has 24 rings (SSSR count). The molecule has 8 heteroatoms. The van der Waals surface area contributed by atoms with Gasteiger partial charge in [-0.1, -0.05) is 273 Å². The van der Waals surface area contributed by atoms with E-state index < -0.39 is 0 Å². The molecule has 0 spiro atoms. The maximum Gasteiger partial charge on any atom is 0.140 e. The van der Waals surface area contributed by atoms with E-state index in [1.807, 2.05) is 11.3 Å². The zero-order valence-corrected chi connectivity index (χ0v) is 62.4. The number of rotatable bonds is 11. The number of pyridine rings is 2. The van der Waals surface area contributed by atoms with Crippen molar-refractivity contribution in [3.05, 3.63) is 394 Å². The molecule has 24 aromatic rings. The molecule has 8 heterocycles. The Balaban J connectivity index is 0.768. The van der Waals surface area contributed by atoms with Gasteiger partial charge in [0.15, 0.2) is 0 Å². The van der Waals surface area contributed by atoms with E-state index in [1.54, 1.807) is 0 Å². The van der Waals surface area contributed by atoms with E-state index in [2.05, 4.69) is 417 Å². The molecule has 530 valence electrons. The highest BCUT2D eigenvalue weighted by Gasteiger charge is 2.29. The van der Waals surface area contributed by atoms with Crippen molar-refractivity contribution in [1.29, 1.82) is 0 Å². The van der Waals surface area contributed by atoms with E-state index in [4.69, 9.17) is 9.97 Å². The van der Waals surface area contributed by atoms with Gasteiger partial charge < -0.3 is 9.13 Å². The maximum atomic E-state index is 5.87. The Hall–Kier alpha value is -15.0. The second kappa shape index (κ2) is 25.3. The third-order valence-corrected chi connectivity index (χ3v) is 24.9. The van der Waals surface area contributed by atoms with Gasteiger partial charge in [-0.2, -0.15) is 0 Å². The van der Waals surface area contributed by atoms with Crippen molar-refractivity contribution >= 4 is 141 Å². The molecule has 0 aliphatic carbocycles. The zero-order chi connectivity index (χ0) is 74.6. The summed E-state index contributed by atoms with van der Waals surface area (Å²) in [5, 5.41) is 14.0. The van der Waals surface area contributed by atoms with Crippen molar-refractivity contribution in [2.24, 2.45) is 0 Å². The van der Waals surface area contributed by atoms with Crippen LogP contribution in [0.25, 0.3) is 225 Å². The Morgan fingerprint density at radius 1 is 0.193 bits per heavy atom. The number of thiophene rings is 1. The normalized spacial score (nSPS) is 12.0. The number of fused-ring (bicyclic) bond motifs is 20. The molecule has 0 bridgehead atoms. The molecular formula is C106H65N7S. The predicted octanol–water partition coefficient (Wildman–Crippen LogP) is 28.3. The van der Waals surface area contributed by atoms with Crippen LogP contribution in [0, 0.1) is 0 Å². The van der Waals surface area contributed by atoms with Crippen LogP contribution in [-0.2, 0) is 0 Å². The molecule has 0 atom stereocenters. The fraction of sp³-hybridized carbons (Fsp3) is 0. The van der Waals surface area contributed by atoms with Crippen LogP contribution in [0.2, 0.25) is 0 Å². The van der Waals surface area contributed by atoms with Gasteiger partial charge in [-0.15, -0.1) is 11.3 Å². The topological polar surface area (TPSA) is 50.4 Å². The first-order valence-electron chi connectivity index (χ1n) is 38.9. The smallest absolute Gasteiger partial charge is 0.140 e. The second-order valence-corrected chi connectivity index (χ2v) is 31.0. The van der Waals surface area contributed by atoms with Crippen molar-refractivity contribution in [2.75, 3.05) is 0 Å². The van der Waals surface area contributed by atoms with Crippen molar-refractivity contribution in [3.63, 3.8) is 0 Å². The Bertz CT molecular complexity index is 7930. The molecule has 0 fully saturated rings. The maximum absolute atomic E-state index is 5.87. The van der Waals surface area contributed by atoms with Gasteiger partial charge in [0, 0.05) is 91.0 Å². The van der Waals surface area contributed by atoms with Crippen LogP contribution in [-0.4, -0.2) is 32.8 Å². The molecule has 0 radical (unpaired) electrons. The summed E-state index contributed by atoms with van der Waals surface area (Å²) < 4.78 is 14.8. The van der Waals surface area contributed by atoms with Crippen LogP contribution >= 0.6 is 11.3 Å². The fourth-order valence-corrected chi connectivity index (χ4v) is 19.9. The summed E-state index contributed by atoms with van der Waals surface area (Å²) in [4.78, 5) is 11.7. The van der Waals surface area contributed by atoms with Crippen LogP contribution in [0.3, 0.4) is 0 Å². The molecule has 0 unspecified atom stereocenters. The Morgan fingerprint density at radius 2 is 0.605 bits per heavy atom. The predicted molar refractivity (Wildman–Crippen MR) is 479 cm³/mol. The molecule has 0 N–H and O–H groups in total. The lowest BCUT2D eigenvalue weighted by molar-refractivity contribution is 1.01. The standard InChI is InChI=1S/C106H65N7S/c1-6-27-66(28-7-1)70-51-56-95-87(62-70)88-63-71(67-29-8-2-9-30-67)52-57-96(88)111(95)99-49-26-50-100(108-99)112-92-45-21-16-37-77(92)80-54-55-81-86-64-72(53-58-94(86)109(102(81)103(80)112)75-35-14-5-15-36-75)85-65-89-78-38-17-20-44-91(78)110(76-60-73(68-31-10-3-11-32-68)59-74(61-76)69-33-12-4-13-34-69)104(89)105-101(85)84-40-18-22-46-93(84)113(105)98-48-25-43-90(107-98)83-42-24-41-82-79-39-19-23-47-97(79)114-106(82)83/h1-65H. The summed E-state index contributed by atoms with van der Waals surface area (Å²) in [6, 6.07) is 145. The molecule has 0 aliphatic heterocycles. The zero-order valence-electron chi connectivity index (χ0n) is 61.6. The van der Waals surface area contributed by atoms with Gasteiger partial charge in [0.1, 0.15) is 17.5 Å². The van der Waals surface area contributed by atoms with Crippen LogP contribution < -0.4 is 0 Å². The first kappa shape index (κ1) is 63.9. The summed E-state index contributed by atoms with van der Waals surface area (Å²) in [5.74, 6) is 2.48. The molecule has 0 amide bonds. The highest BCUT2D eigenvalue weighted by Crippen LogP contribution is 2.51. The number of nitrogens with zero attached hydrogens (tertiary/aromatic N) is 7. The molecule has 0 aliphatic rings. The van der Waals surface area contributed by atoms with Gasteiger partial charge in [0.2, 0.25) is 0 Å². The molecule has 0 saturated carbocycles. The summed E-state index contributed by atoms with van der Waals surface area (Å²) in [6.45, 7) is 0. The van der Waals surface area contributed by atoms with Crippen molar-refractivity contribution in [2.45, 2.75) is 0 Å². The van der Waals surface area contributed by atoms with Gasteiger partial charge in [-0.3, -0.25) is 13.7 Å². The highest BCUT2D eigenvalue weighted by molar-refractivity contribution is 7.26. The Kier molecular flexibility index (Phi) is 14.2. The van der Waals surface area contributed by atoms with Crippen LogP contribution in [0.5, 0.6) is 0 Å². The van der Waals surface area contributed by atoms with Crippen molar-refractivity contribution in [3.8, 4) is 95.7 Å². The molecular weight excluding hydrogens is 1400 g/mol. The number of aromatic nitrogens is 7. The summed E-state index contributed by atoms with van der Waals surface area (Å²) in [7, 11) is 0. The molecule has 8 aromatic heterocycles. The van der Waals surface area contributed by atoms with E-state index in [0.29, 0.717) is 0 Å². The summed E-state index contributed by atoms with van der Waals surface area (Å²) >= 11 is 1.84. The van der Waals surface area contributed by atoms with E-state index >= 15 is 0 Å². The Morgan fingerprint density at radius 3 is 1.24 bits per heavy atom. The number of hydrogen-bond donors (Lipinski definition) is 0. The first-order valence-corrected chi connectivity index (χ1v) is 39.8. The number of benzene rings is 16. The van der Waals surface area contributed by atoms with E-state index in [1.165, 1.54) is 53.2 Å². The minimum absolute atomic E-state index is 0.820. The largest absolute Gasteiger partial charge is 0.307 e. The lowest BCUT2D eigenvalue weighted by atomic mass is 9.95. The highest BCUT2D eigenvalue weighted by atomic mass is 32.1.